The van der Waals surface area contributed by atoms with E-state index in [-0.39, 0.29) is 16.6 Å². The SMILES string of the molecule is COc1ncc(-c2ccc3ncc(Cl)c(=O)n3c2)cc1NS(=O)(=O)c1ccc(F)cc1F. The first-order chi connectivity index (χ1) is 15.2. The second-order valence-electron chi connectivity index (χ2n) is 6.52. The number of rotatable bonds is 5. The number of hydrogen-bond acceptors (Lipinski definition) is 6. The summed E-state index contributed by atoms with van der Waals surface area (Å²) in [6, 6.07) is 6.73. The first kappa shape index (κ1) is 21.7. The lowest BCUT2D eigenvalue weighted by Crippen LogP contribution is -2.16. The summed E-state index contributed by atoms with van der Waals surface area (Å²) in [5, 5.41) is -0.0673. The Morgan fingerprint density at radius 2 is 1.84 bits per heavy atom. The number of ether oxygens (including phenoxy) is 1. The predicted octanol–water partition coefficient (Wildman–Crippen LogP) is 3.50. The van der Waals surface area contributed by atoms with Gasteiger partial charge in [0.15, 0.2) is 0 Å². The highest BCUT2D eigenvalue weighted by Crippen LogP contribution is 2.30. The van der Waals surface area contributed by atoms with Crippen molar-refractivity contribution in [2.75, 3.05) is 11.8 Å². The predicted molar refractivity (Wildman–Crippen MR) is 113 cm³/mol. The number of hydrogen-bond donors (Lipinski definition) is 1. The van der Waals surface area contributed by atoms with Gasteiger partial charge in [0.25, 0.3) is 15.6 Å². The average Bonchev–Trinajstić information content (AvgIpc) is 2.75. The van der Waals surface area contributed by atoms with Crippen molar-refractivity contribution in [2.24, 2.45) is 0 Å². The van der Waals surface area contributed by atoms with E-state index in [1.807, 2.05) is 0 Å². The Kier molecular flexibility index (Phi) is 5.53. The number of nitrogens with zero attached hydrogens (tertiary/aromatic N) is 3. The molecule has 8 nitrogen and oxygen atoms in total. The number of methoxy groups -OCH3 is 1. The summed E-state index contributed by atoms with van der Waals surface area (Å²) in [6.07, 6.45) is 4.12. The molecule has 1 aromatic carbocycles. The highest BCUT2D eigenvalue weighted by Gasteiger charge is 2.22. The van der Waals surface area contributed by atoms with E-state index in [4.69, 9.17) is 16.3 Å². The maximum Gasteiger partial charge on any atom is 0.276 e. The second kappa shape index (κ2) is 8.17. The molecular weight excluding hydrogens is 466 g/mol. The summed E-state index contributed by atoms with van der Waals surface area (Å²) >= 11 is 5.85. The minimum Gasteiger partial charge on any atom is -0.480 e. The van der Waals surface area contributed by atoms with Crippen molar-refractivity contribution in [3.05, 3.63) is 82.0 Å². The van der Waals surface area contributed by atoms with E-state index in [2.05, 4.69) is 14.7 Å². The first-order valence-electron chi connectivity index (χ1n) is 8.89. The number of benzene rings is 1. The van der Waals surface area contributed by atoms with Crippen LogP contribution >= 0.6 is 11.6 Å². The van der Waals surface area contributed by atoms with E-state index >= 15 is 0 Å². The van der Waals surface area contributed by atoms with Gasteiger partial charge < -0.3 is 4.74 Å². The van der Waals surface area contributed by atoms with Gasteiger partial charge in [-0.15, -0.1) is 0 Å². The van der Waals surface area contributed by atoms with Crippen LogP contribution < -0.4 is 15.0 Å². The molecule has 12 heteroatoms. The summed E-state index contributed by atoms with van der Waals surface area (Å²) in [4.78, 5) is 19.7. The smallest absolute Gasteiger partial charge is 0.276 e. The van der Waals surface area contributed by atoms with E-state index in [1.54, 1.807) is 12.1 Å². The lowest BCUT2D eigenvalue weighted by Gasteiger charge is -2.13. The minimum atomic E-state index is -4.43. The van der Waals surface area contributed by atoms with Gasteiger partial charge in [0.05, 0.1) is 13.3 Å². The fourth-order valence-corrected chi connectivity index (χ4v) is 4.21. The molecule has 0 amide bonds. The van der Waals surface area contributed by atoms with Crippen LogP contribution in [0, 0.1) is 11.6 Å². The van der Waals surface area contributed by atoms with Gasteiger partial charge in [0.1, 0.15) is 32.9 Å². The minimum absolute atomic E-state index is 0.0673. The standard InChI is InChI=1S/C20H13ClF2N4O4S/c1-31-19-16(26-32(29,30)17-4-3-13(22)7-15(17)23)6-12(8-25-19)11-2-5-18-24-9-14(21)20(28)27(18)10-11/h2-10,26H,1H3. The molecule has 0 spiro atoms. The van der Waals surface area contributed by atoms with Gasteiger partial charge in [-0.1, -0.05) is 11.6 Å². The monoisotopic (exact) mass is 478 g/mol. The third-order valence-corrected chi connectivity index (χ3v) is 6.12. The molecule has 3 heterocycles. The van der Waals surface area contributed by atoms with Gasteiger partial charge in [-0.3, -0.25) is 13.9 Å². The van der Waals surface area contributed by atoms with Crippen molar-refractivity contribution < 1.29 is 21.9 Å². The molecule has 0 aliphatic rings. The van der Waals surface area contributed by atoms with E-state index < -0.39 is 32.1 Å². The molecule has 0 bridgehead atoms. The highest BCUT2D eigenvalue weighted by molar-refractivity contribution is 7.92. The summed E-state index contributed by atoms with van der Waals surface area (Å²) in [7, 11) is -3.15. The third-order valence-electron chi connectivity index (χ3n) is 4.47. The molecule has 3 aromatic heterocycles. The van der Waals surface area contributed by atoms with Crippen LogP contribution in [0.3, 0.4) is 0 Å². The molecule has 0 unspecified atom stereocenters. The molecule has 0 aliphatic heterocycles. The number of pyridine rings is 2. The van der Waals surface area contributed by atoms with Gasteiger partial charge in [0, 0.05) is 29.6 Å². The molecule has 1 N–H and O–H groups in total. The van der Waals surface area contributed by atoms with Gasteiger partial charge in [-0.2, -0.15) is 0 Å². The van der Waals surface area contributed by atoms with Crippen molar-refractivity contribution in [3.8, 4) is 17.0 Å². The maximum absolute atomic E-state index is 14.0. The summed E-state index contributed by atoms with van der Waals surface area (Å²) in [5.41, 5.74) is 0.694. The Morgan fingerprint density at radius 1 is 1.06 bits per heavy atom. The van der Waals surface area contributed by atoms with Crippen molar-refractivity contribution in [2.45, 2.75) is 4.90 Å². The second-order valence-corrected chi connectivity index (χ2v) is 8.58. The van der Waals surface area contributed by atoms with Crippen LogP contribution in [0.1, 0.15) is 0 Å². The summed E-state index contributed by atoms with van der Waals surface area (Å²) < 4.78 is 61.1. The molecule has 0 saturated heterocycles. The Hall–Kier alpha value is -3.57. The van der Waals surface area contributed by atoms with E-state index in [0.29, 0.717) is 22.8 Å². The Balaban J connectivity index is 1.79. The third kappa shape index (κ3) is 3.99. The Morgan fingerprint density at radius 3 is 2.56 bits per heavy atom. The fourth-order valence-electron chi connectivity index (χ4n) is 2.96. The van der Waals surface area contributed by atoms with Crippen molar-refractivity contribution in [1.82, 2.24) is 14.4 Å². The number of sulfonamides is 1. The topological polar surface area (TPSA) is 103 Å². The molecule has 0 fully saturated rings. The summed E-state index contributed by atoms with van der Waals surface area (Å²) in [6.45, 7) is 0. The quantitative estimate of drug-likeness (QED) is 0.471. The molecule has 32 heavy (non-hydrogen) atoms. The lowest BCUT2D eigenvalue weighted by molar-refractivity contribution is 0.400. The van der Waals surface area contributed by atoms with Crippen LogP contribution in [-0.2, 0) is 10.0 Å². The van der Waals surface area contributed by atoms with Gasteiger partial charge >= 0.3 is 0 Å². The Labute approximate surface area is 185 Å². The average molecular weight is 479 g/mol. The van der Waals surface area contributed by atoms with E-state index in [0.717, 1.165) is 12.1 Å². The number of aromatic nitrogens is 3. The van der Waals surface area contributed by atoms with E-state index in [9.17, 15) is 22.0 Å². The number of halogens is 3. The highest BCUT2D eigenvalue weighted by atomic mass is 35.5. The molecule has 0 atom stereocenters. The molecule has 0 saturated carbocycles. The fraction of sp³-hybridized carbons (Fsp3) is 0.0500. The molecular formula is C20H13ClF2N4O4S. The molecule has 0 aliphatic carbocycles. The van der Waals surface area contributed by atoms with Crippen LogP contribution in [0.2, 0.25) is 5.02 Å². The molecule has 164 valence electrons. The van der Waals surface area contributed by atoms with Crippen LogP contribution in [0.15, 0.2) is 64.7 Å². The molecule has 4 rings (SSSR count). The number of nitrogens with one attached hydrogen (secondary N) is 1. The number of fused-ring (bicyclic) bond motifs is 1. The first-order valence-corrected chi connectivity index (χ1v) is 10.7. The zero-order valence-corrected chi connectivity index (χ0v) is 17.8. The van der Waals surface area contributed by atoms with E-state index in [1.165, 1.54) is 36.2 Å². The normalized spacial score (nSPS) is 11.5. The van der Waals surface area contributed by atoms with Gasteiger partial charge in [-0.25, -0.2) is 27.2 Å². The van der Waals surface area contributed by atoms with Gasteiger partial charge in [0.2, 0.25) is 5.88 Å². The van der Waals surface area contributed by atoms with Gasteiger partial charge in [-0.05, 0) is 30.3 Å². The largest absolute Gasteiger partial charge is 0.480 e. The van der Waals surface area contributed by atoms with Crippen LogP contribution in [0.5, 0.6) is 5.88 Å². The molecule has 4 aromatic rings. The van der Waals surface area contributed by atoms with Crippen molar-refractivity contribution in [1.29, 1.82) is 0 Å². The lowest BCUT2D eigenvalue weighted by atomic mass is 10.1. The van der Waals surface area contributed by atoms with Crippen molar-refractivity contribution in [3.63, 3.8) is 0 Å². The van der Waals surface area contributed by atoms with Crippen molar-refractivity contribution >= 4 is 33.0 Å². The van der Waals surface area contributed by atoms with Crippen LogP contribution in [0.25, 0.3) is 16.8 Å². The Bertz CT molecular complexity index is 1530. The zero-order chi connectivity index (χ0) is 23.0. The van der Waals surface area contributed by atoms with Crippen LogP contribution in [-0.4, -0.2) is 29.9 Å². The maximum atomic E-state index is 14.0. The summed E-state index contributed by atoms with van der Waals surface area (Å²) in [5.74, 6) is -2.25. The zero-order valence-electron chi connectivity index (χ0n) is 16.2. The molecule has 0 radical (unpaired) electrons. The number of anilines is 1. The van der Waals surface area contributed by atoms with Crippen LogP contribution in [0.4, 0.5) is 14.5 Å².